The van der Waals surface area contributed by atoms with Crippen LogP contribution in [0, 0.1) is 5.82 Å². The summed E-state index contributed by atoms with van der Waals surface area (Å²) in [4.78, 5) is 5.79. The van der Waals surface area contributed by atoms with Crippen LogP contribution in [0.3, 0.4) is 0 Å². The number of guanidine groups is 1. The van der Waals surface area contributed by atoms with E-state index in [0.29, 0.717) is 31.3 Å². The number of halogens is 1. The Morgan fingerprint density at radius 3 is 2.89 bits per heavy atom. The summed E-state index contributed by atoms with van der Waals surface area (Å²) in [6.45, 7) is 1.70. The number of methoxy groups -OCH3 is 1. The van der Waals surface area contributed by atoms with Crippen molar-refractivity contribution < 1.29 is 13.5 Å². The van der Waals surface area contributed by atoms with Crippen molar-refractivity contribution in [2.75, 3.05) is 13.7 Å². The Balaban J connectivity index is 1.63. The molecular formula is C20H22FN3O2S. The lowest BCUT2D eigenvalue weighted by atomic mass is 10.2. The highest BCUT2D eigenvalue weighted by molar-refractivity contribution is 7.09. The van der Waals surface area contributed by atoms with Crippen molar-refractivity contribution in [2.24, 2.45) is 4.99 Å². The van der Waals surface area contributed by atoms with Crippen LogP contribution in [0.2, 0.25) is 0 Å². The van der Waals surface area contributed by atoms with Crippen molar-refractivity contribution in [2.45, 2.75) is 19.5 Å². The van der Waals surface area contributed by atoms with E-state index in [9.17, 15) is 4.39 Å². The van der Waals surface area contributed by atoms with Gasteiger partial charge in [0.2, 0.25) is 0 Å². The number of aliphatic imine (C=N–C) groups is 1. The Bertz CT molecular complexity index is 848. The minimum absolute atomic E-state index is 0.335. The van der Waals surface area contributed by atoms with Crippen LogP contribution >= 0.6 is 11.3 Å². The molecule has 5 nitrogen and oxygen atoms in total. The summed E-state index contributed by atoms with van der Waals surface area (Å²) in [6.07, 6.45) is 2.41. The highest BCUT2D eigenvalue weighted by atomic mass is 32.1. The lowest BCUT2D eigenvalue weighted by Gasteiger charge is -2.12. The van der Waals surface area contributed by atoms with Crippen molar-refractivity contribution in [3.05, 3.63) is 76.1 Å². The third-order valence-corrected chi connectivity index (χ3v) is 4.72. The molecular weight excluding hydrogens is 365 g/mol. The predicted octanol–water partition coefficient (Wildman–Crippen LogP) is 3.97. The molecule has 0 aliphatic carbocycles. The zero-order valence-electron chi connectivity index (χ0n) is 15.1. The van der Waals surface area contributed by atoms with Crippen LogP contribution in [0.4, 0.5) is 4.39 Å². The largest absolute Gasteiger partial charge is 0.497 e. The van der Waals surface area contributed by atoms with Gasteiger partial charge in [-0.3, -0.25) is 0 Å². The molecule has 3 aromatic rings. The highest BCUT2D eigenvalue weighted by Crippen LogP contribution is 2.16. The molecule has 27 heavy (non-hydrogen) atoms. The Morgan fingerprint density at radius 2 is 2.15 bits per heavy atom. The van der Waals surface area contributed by atoms with E-state index in [1.54, 1.807) is 23.7 Å². The second-order valence-electron chi connectivity index (χ2n) is 5.85. The molecule has 0 saturated carbocycles. The van der Waals surface area contributed by atoms with Gasteiger partial charge in [-0.2, -0.15) is 0 Å². The fraction of sp³-hybridized carbons (Fsp3) is 0.250. The molecule has 2 heterocycles. The van der Waals surface area contributed by atoms with E-state index in [4.69, 9.17) is 9.15 Å². The van der Waals surface area contributed by atoms with E-state index in [1.807, 2.05) is 23.6 Å². The van der Waals surface area contributed by atoms with Gasteiger partial charge in [0.1, 0.15) is 17.3 Å². The number of ether oxygens (including phenoxy) is 1. The molecule has 0 saturated heterocycles. The van der Waals surface area contributed by atoms with E-state index in [1.165, 1.54) is 24.1 Å². The molecule has 0 spiro atoms. The van der Waals surface area contributed by atoms with Gasteiger partial charge in [-0.15, -0.1) is 11.3 Å². The molecule has 0 atom stereocenters. The van der Waals surface area contributed by atoms with Crippen molar-refractivity contribution in [3.63, 3.8) is 0 Å². The summed E-state index contributed by atoms with van der Waals surface area (Å²) in [5.41, 5.74) is 0.745. The van der Waals surface area contributed by atoms with Crippen molar-refractivity contribution >= 4 is 17.3 Å². The molecule has 2 aromatic heterocycles. The zero-order valence-corrected chi connectivity index (χ0v) is 15.9. The highest BCUT2D eigenvalue weighted by Gasteiger charge is 2.04. The fourth-order valence-corrected chi connectivity index (χ4v) is 3.16. The number of hydrogen-bond acceptors (Lipinski definition) is 4. The summed E-state index contributed by atoms with van der Waals surface area (Å²) >= 11 is 1.68. The summed E-state index contributed by atoms with van der Waals surface area (Å²) < 4.78 is 24.1. The Morgan fingerprint density at radius 1 is 1.22 bits per heavy atom. The number of benzene rings is 1. The summed E-state index contributed by atoms with van der Waals surface area (Å²) in [6, 6.07) is 12.5. The molecule has 0 unspecified atom stereocenters. The van der Waals surface area contributed by atoms with Crippen molar-refractivity contribution in [1.29, 1.82) is 0 Å². The first-order valence-corrected chi connectivity index (χ1v) is 9.51. The standard InChI is InChI=1S/C20H22FN3O2S/c1-25-18-11-15(10-16(21)12-18)13-23-20(24-14-19-5-3-9-27-19)22-7-6-17-4-2-8-26-17/h2-5,8-12H,6-7,13-14H2,1H3,(H2,22,23,24). The van der Waals surface area contributed by atoms with Crippen LogP contribution in [0.1, 0.15) is 16.2 Å². The topological polar surface area (TPSA) is 58.8 Å². The normalized spacial score (nSPS) is 11.4. The van der Waals surface area contributed by atoms with Crippen LogP contribution in [0.5, 0.6) is 5.75 Å². The smallest absolute Gasteiger partial charge is 0.191 e. The van der Waals surface area contributed by atoms with Gasteiger partial charge in [0.05, 0.1) is 26.5 Å². The fourth-order valence-electron chi connectivity index (χ4n) is 2.52. The number of nitrogens with one attached hydrogen (secondary N) is 2. The number of furan rings is 1. The average molecular weight is 387 g/mol. The lowest BCUT2D eigenvalue weighted by molar-refractivity contribution is 0.410. The molecule has 7 heteroatoms. The Hall–Kier alpha value is -2.80. The first-order chi connectivity index (χ1) is 13.2. The molecule has 0 aliphatic rings. The maximum Gasteiger partial charge on any atom is 0.191 e. The van der Waals surface area contributed by atoms with Gasteiger partial charge in [0, 0.05) is 23.9 Å². The van der Waals surface area contributed by atoms with Gasteiger partial charge in [-0.1, -0.05) is 6.07 Å². The van der Waals surface area contributed by atoms with E-state index in [-0.39, 0.29) is 5.82 Å². The molecule has 0 radical (unpaired) electrons. The molecule has 3 rings (SSSR count). The van der Waals surface area contributed by atoms with Crippen LogP contribution in [0.25, 0.3) is 0 Å². The molecule has 2 N–H and O–H groups in total. The summed E-state index contributed by atoms with van der Waals surface area (Å²) in [5.74, 6) is 1.73. The minimum Gasteiger partial charge on any atom is -0.497 e. The first kappa shape index (κ1) is 19.0. The van der Waals surface area contributed by atoms with Crippen LogP contribution < -0.4 is 15.4 Å². The van der Waals surface area contributed by atoms with Gasteiger partial charge < -0.3 is 19.8 Å². The third kappa shape index (κ3) is 6.14. The summed E-state index contributed by atoms with van der Waals surface area (Å²) in [5, 5.41) is 8.64. The second kappa shape index (κ2) is 9.78. The quantitative estimate of drug-likeness (QED) is 0.454. The van der Waals surface area contributed by atoms with Crippen LogP contribution in [0.15, 0.2) is 63.5 Å². The first-order valence-electron chi connectivity index (χ1n) is 8.63. The SMILES string of the molecule is COc1cc(F)cc(CN=C(NCCc2ccco2)NCc2cccs2)c1. The zero-order chi connectivity index (χ0) is 18.9. The van der Waals surface area contributed by atoms with Crippen LogP contribution in [-0.2, 0) is 19.5 Å². The molecule has 0 bridgehead atoms. The lowest BCUT2D eigenvalue weighted by Crippen LogP contribution is -2.38. The van der Waals surface area contributed by atoms with Crippen LogP contribution in [-0.4, -0.2) is 19.6 Å². The molecule has 1 aromatic carbocycles. The van der Waals surface area contributed by atoms with Gasteiger partial charge in [-0.05, 0) is 41.3 Å². The van der Waals surface area contributed by atoms with Crippen molar-refractivity contribution in [3.8, 4) is 5.75 Å². The molecule has 0 amide bonds. The third-order valence-electron chi connectivity index (χ3n) is 3.84. The van der Waals surface area contributed by atoms with Gasteiger partial charge in [0.25, 0.3) is 0 Å². The molecule has 0 aliphatic heterocycles. The Labute approximate surface area is 161 Å². The van der Waals surface area contributed by atoms with Gasteiger partial charge in [-0.25, -0.2) is 9.38 Å². The van der Waals surface area contributed by atoms with E-state index in [0.717, 1.165) is 17.7 Å². The predicted molar refractivity (Wildman–Crippen MR) is 106 cm³/mol. The summed E-state index contributed by atoms with van der Waals surface area (Å²) in [7, 11) is 1.52. The number of nitrogens with zero attached hydrogens (tertiary/aromatic N) is 1. The van der Waals surface area contributed by atoms with E-state index in [2.05, 4.69) is 21.7 Å². The molecule has 142 valence electrons. The minimum atomic E-state index is -0.335. The van der Waals surface area contributed by atoms with Crippen molar-refractivity contribution in [1.82, 2.24) is 10.6 Å². The van der Waals surface area contributed by atoms with Gasteiger partial charge >= 0.3 is 0 Å². The van der Waals surface area contributed by atoms with E-state index >= 15 is 0 Å². The second-order valence-corrected chi connectivity index (χ2v) is 6.89. The average Bonchev–Trinajstić information content (AvgIpc) is 3.37. The number of thiophene rings is 1. The molecule has 0 fully saturated rings. The number of hydrogen-bond donors (Lipinski definition) is 2. The Kier molecular flexibility index (Phi) is 6.87. The van der Waals surface area contributed by atoms with Gasteiger partial charge in [0.15, 0.2) is 5.96 Å². The maximum atomic E-state index is 13.7. The van der Waals surface area contributed by atoms with E-state index < -0.39 is 0 Å². The monoisotopic (exact) mass is 387 g/mol. The number of rotatable bonds is 8. The maximum absolute atomic E-state index is 13.7.